The SMILES string of the molecule is COCCNC(=NCC(=O)N(C)C)N1CCC(C)C(n2ccnc2)C1. The molecule has 0 bridgehead atoms. The largest absolute Gasteiger partial charge is 0.383 e. The van der Waals surface area contributed by atoms with E-state index in [1.165, 1.54) is 0 Å². The molecule has 2 rings (SSSR count). The number of hydrogen-bond acceptors (Lipinski definition) is 4. The first-order valence-corrected chi connectivity index (χ1v) is 8.72. The number of carbonyl (C=O) groups excluding carboxylic acids is 1. The molecular weight excluding hydrogens is 320 g/mol. The minimum Gasteiger partial charge on any atom is -0.383 e. The maximum absolute atomic E-state index is 11.9. The molecule has 1 aromatic rings. The molecule has 1 saturated heterocycles. The maximum atomic E-state index is 11.9. The molecule has 8 heteroatoms. The van der Waals surface area contributed by atoms with Crippen LogP contribution in [0, 0.1) is 5.92 Å². The van der Waals surface area contributed by atoms with E-state index in [-0.39, 0.29) is 12.5 Å². The lowest BCUT2D eigenvalue weighted by atomic mass is 9.93. The minimum atomic E-state index is -0.0115. The van der Waals surface area contributed by atoms with Crippen LogP contribution in [0.15, 0.2) is 23.7 Å². The number of aromatic nitrogens is 2. The number of likely N-dealkylation sites (tertiary alicyclic amines) is 1. The van der Waals surface area contributed by atoms with Crippen molar-refractivity contribution in [3.8, 4) is 0 Å². The molecule has 2 heterocycles. The molecule has 2 unspecified atom stereocenters. The first kappa shape index (κ1) is 19.2. The zero-order valence-electron chi connectivity index (χ0n) is 15.7. The van der Waals surface area contributed by atoms with Crippen LogP contribution >= 0.6 is 0 Å². The number of guanidine groups is 1. The molecular formula is C17H30N6O2. The molecule has 1 N–H and O–H groups in total. The van der Waals surface area contributed by atoms with Crippen molar-refractivity contribution >= 4 is 11.9 Å². The highest BCUT2D eigenvalue weighted by Crippen LogP contribution is 2.27. The first-order valence-electron chi connectivity index (χ1n) is 8.72. The lowest BCUT2D eigenvalue weighted by Gasteiger charge is -2.39. The number of aliphatic imine (C=N–C) groups is 1. The van der Waals surface area contributed by atoms with Crippen molar-refractivity contribution in [2.75, 3.05) is 54.0 Å². The van der Waals surface area contributed by atoms with E-state index < -0.39 is 0 Å². The van der Waals surface area contributed by atoms with Gasteiger partial charge >= 0.3 is 0 Å². The number of hydrogen-bond donors (Lipinski definition) is 1. The van der Waals surface area contributed by atoms with Gasteiger partial charge in [0.15, 0.2) is 5.96 Å². The molecule has 0 aromatic carbocycles. The topological polar surface area (TPSA) is 75.0 Å². The van der Waals surface area contributed by atoms with Gasteiger partial charge in [-0.05, 0) is 12.3 Å². The Balaban J connectivity index is 2.09. The van der Waals surface area contributed by atoms with Crippen molar-refractivity contribution < 1.29 is 9.53 Å². The van der Waals surface area contributed by atoms with E-state index in [1.807, 2.05) is 18.7 Å². The number of methoxy groups -OCH3 is 1. The van der Waals surface area contributed by atoms with Gasteiger partial charge in [0.2, 0.25) is 5.91 Å². The average Bonchev–Trinajstić information content (AvgIpc) is 3.12. The first-order chi connectivity index (χ1) is 12.0. The van der Waals surface area contributed by atoms with E-state index >= 15 is 0 Å². The van der Waals surface area contributed by atoms with E-state index in [0.29, 0.717) is 25.1 Å². The molecule has 1 aromatic heterocycles. The van der Waals surface area contributed by atoms with Crippen LogP contribution in [-0.2, 0) is 9.53 Å². The number of imidazole rings is 1. The van der Waals surface area contributed by atoms with E-state index in [0.717, 1.165) is 25.5 Å². The average molecular weight is 350 g/mol. The molecule has 8 nitrogen and oxygen atoms in total. The number of nitrogens with zero attached hydrogens (tertiary/aromatic N) is 5. The van der Waals surface area contributed by atoms with Gasteiger partial charge in [0.1, 0.15) is 6.54 Å². The zero-order valence-corrected chi connectivity index (χ0v) is 15.7. The monoisotopic (exact) mass is 350 g/mol. The van der Waals surface area contributed by atoms with Crippen molar-refractivity contribution in [3.63, 3.8) is 0 Å². The smallest absolute Gasteiger partial charge is 0.243 e. The van der Waals surface area contributed by atoms with Crippen LogP contribution in [0.1, 0.15) is 19.4 Å². The fraction of sp³-hybridized carbons (Fsp3) is 0.706. The molecule has 140 valence electrons. The second kappa shape index (κ2) is 9.41. The van der Waals surface area contributed by atoms with Gasteiger partial charge < -0.3 is 24.4 Å². The Morgan fingerprint density at radius 1 is 1.48 bits per heavy atom. The van der Waals surface area contributed by atoms with E-state index in [4.69, 9.17) is 4.74 Å². The Kier molecular flexibility index (Phi) is 7.24. The summed E-state index contributed by atoms with van der Waals surface area (Å²) in [7, 11) is 5.16. The van der Waals surface area contributed by atoms with Crippen LogP contribution < -0.4 is 5.32 Å². The molecule has 25 heavy (non-hydrogen) atoms. The fourth-order valence-electron chi connectivity index (χ4n) is 2.91. The van der Waals surface area contributed by atoms with Gasteiger partial charge in [0, 0.05) is 53.2 Å². The summed E-state index contributed by atoms with van der Waals surface area (Å²) in [6.07, 6.45) is 6.76. The lowest BCUT2D eigenvalue weighted by molar-refractivity contribution is -0.127. The number of amides is 1. The second-order valence-corrected chi connectivity index (χ2v) is 6.64. The molecule has 2 atom stereocenters. The molecule has 0 aliphatic carbocycles. The van der Waals surface area contributed by atoms with Crippen molar-refractivity contribution in [1.29, 1.82) is 0 Å². The lowest BCUT2D eigenvalue weighted by Crippen LogP contribution is -2.49. The second-order valence-electron chi connectivity index (χ2n) is 6.64. The highest BCUT2D eigenvalue weighted by molar-refractivity contribution is 5.84. The third kappa shape index (κ3) is 5.45. The fourth-order valence-corrected chi connectivity index (χ4v) is 2.91. The van der Waals surface area contributed by atoms with Crippen molar-refractivity contribution in [2.24, 2.45) is 10.9 Å². The molecule has 1 aliphatic heterocycles. The van der Waals surface area contributed by atoms with Gasteiger partial charge in [0.25, 0.3) is 0 Å². The Morgan fingerprint density at radius 3 is 2.92 bits per heavy atom. The van der Waals surface area contributed by atoms with E-state index in [9.17, 15) is 4.79 Å². The van der Waals surface area contributed by atoms with E-state index in [1.54, 1.807) is 26.1 Å². The standard InChI is InChI=1S/C17H30N6O2/c1-14-5-8-22(12-15(14)23-9-6-18-13-23)17(19-7-10-25-4)20-11-16(24)21(2)3/h6,9,13-15H,5,7-8,10-12H2,1-4H3,(H,19,20). The van der Waals surface area contributed by atoms with Crippen molar-refractivity contribution in [1.82, 2.24) is 24.7 Å². The van der Waals surface area contributed by atoms with Crippen LogP contribution in [-0.4, -0.2) is 85.2 Å². The Morgan fingerprint density at radius 2 is 2.28 bits per heavy atom. The van der Waals surface area contributed by atoms with Gasteiger partial charge in [-0.25, -0.2) is 9.98 Å². The summed E-state index contributed by atoms with van der Waals surface area (Å²) >= 11 is 0. The Labute approximate surface area is 149 Å². The summed E-state index contributed by atoms with van der Waals surface area (Å²) in [4.78, 5) is 24.4. The number of rotatable bonds is 6. The number of piperidine rings is 1. The van der Waals surface area contributed by atoms with Gasteiger partial charge in [-0.15, -0.1) is 0 Å². The highest BCUT2D eigenvalue weighted by atomic mass is 16.5. The predicted octanol–water partition coefficient (Wildman–Crippen LogP) is 0.446. The predicted molar refractivity (Wildman–Crippen MR) is 97.5 cm³/mol. The summed E-state index contributed by atoms with van der Waals surface area (Å²) in [6, 6.07) is 0.343. The number of carbonyl (C=O) groups is 1. The summed E-state index contributed by atoms with van der Waals surface area (Å²) in [6.45, 7) is 5.42. The Hall–Kier alpha value is -2.09. The number of likely N-dealkylation sites (N-methyl/N-ethyl adjacent to an activating group) is 1. The van der Waals surface area contributed by atoms with Gasteiger partial charge in [-0.1, -0.05) is 6.92 Å². The van der Waals surface area contributed by atoms with Gasteiger partial charge in [-0.2, -0.15) is 0 Å². The molecule has 1 amide bonds. The summed E-state index contributed by atoms with van der Waals surface area (Å²) in [5, 5.41) is 3.32. The third-order valence-electron chi connectivity index (χ3n) is 4.58. The van der Waals surface area contributed by atoms with E-state index in [2.05, 4.69) is 31.7 Å². The van der Waals surface area contributed by atoms with Crippen LogP contribution in [0.3, 0.4) is 0 Å². The van der Waals surface area contributed by atoms with Gasteiger partial charge in [-0.3, -0.25) is 4.79 Å². The summed E-state index contributed by atoms with van der Waals surface area (Å²) in [5.41, 5.74) is 0. The van der Waals surface area contributed by atoms with Crippen LogP contribution in [0.25, 0.3) is 0 Å². The molecule has 1 fully saturated rings. The highest BCUT2D eigenvalue weighted by Gasteiger charge is 2.29. The van der Waals surface area contributed by atoms with Crippen molar-refractivity contribution in [2.45, 2.75) is 19.4 Å². The molecule has 1 aliphatic rings. The summed E-state index contributed by atoms with van der Waals surface area (Å²) in [5.74, 6) is 1.32. The molecule has 0 radical (unpaired) electrons. The maximum Gasteiger partial charge on any atom is 0.243 e. The molecule has 0 spiro atoms. The Bertz CT molecular complexity index is 557. The quantitative estimate of drug-likeness (QED) is 0.458. The molecule has 0 saturated carbocycles. The van der Waals surface area contributed by atoms with Crippen LogP contribution in [0.2, 0.25) is 0 Å². The number of ether oxygens (including phenoxy) is 1. The van der Waals surface area contributed by atoms with Crippen LogP contribution in [0.5, 0.6) is 0 Å². The summed E-state index contributed by atoms with van der Waals surface area (Å²) < 4.78 is 7.28. The number of nitrogens with one attached hydrogen (secondary N) is 1. The van der Waals surface area contributed by atoms with Gasteiger partial charge in [0.05, 0.1) is 19.0 Å². The van der Waals surface area contributed by atoms with Crippen molar-refractivity contribution in [3.05, 3.63) is 18.7 Å². The normalized spacial score (nSPS) is 21.3. The van der Waals surface area contributed by atoms with Crippen LogP contribution in [0.4, 0.5) is 0 Å². The minimum absolute atomic E-state index is 0.0115. The third-order valence-corrected chi connectivity index (χ3v) is 4.58. The zero-order chi connectivity index (χ0) is 18.2.